The first kappa shape index (κ1) is 16.4. The van der Waals surface area contributed by atoms with E-state index in [0.29, 0.717) is 18.8 Å². The van der Waals surface area contributed by atoms with Gasteiger partial charge in [-0.05, 0) is 30.7 Å². The third kappa shape index (κ3) is 3.88. The van der Waals surface area contributed by atoms with Gasteiger partial charge in [-0.2, -0.15) is 0 Å². The Balaban J connectivity index is 1.73. The lowest BCUT2D eigenvalue weighted by molar-refractivity contribution is 0.231. The van der Waals surface area contributed by atoms with Crippen LogP contribution in [0.4, 0.5) is 5.82 Å². The minimum atomic E-state index is -0.0792. The highest BCUT2D eigenvalue weighted by Crippen LogP contribution is 2.21. The van der Waals surface area contributed by atoms with Crippen molar-refractivity contribution in [2.24, 2.45) is 5.92 Å². The van der Waals surface area contributed by atoms with Gasteiger partial charge in [-0.25, -0.2) is 4.98 Å². The first-order valence-corrected chi connectivity index (χ1v) is 8.04. The Morgan fingerprint density at radius 3 is 2.62 bits per heavy atom. The fraction of sp³-hybridized carbons (Fsp3) is 0.263. The van der Waals surface area contributed by atoms with Crippen molar-refractivity contribution >= 4 is 16.7 Å². The quantitative estimate of drug-likeness (QED) is 0.622. The second-order valence-electron chi connectivity index (χ2n) is 5.80. The number of nitrogens with one attached hydrogen (secondary N) is 1. The number of benzene rings is 1. The van der Waals surface area contributed by atoms with E-state index in [1.807, 2.05) is 48.5 Å². The Hall–Kier alpha value is -2.50. The summed E-state index contributed by atoms with van der Waals surface area (Å²) in [5.41, 5.74) is 2.58. The molecule has 0 amide bonds. The Morgan fingerprint density at radius 2 is 1.88 bits per heavy atom. The molecule has 1 atom stereocenters. The molecule has 1 unspecified atom stereocenters. The number of aromatic nitrogens is 2. The van der Waals surface area contributed by atoms with E-state index in [4.69, 9.17) is 0 Å². The number of nitrogens with zero attached hydrogens (tertiary/aromatic N) is 2. The second-order valence-corrected chi connectivity index (χ2v) is 5.80. The SMILES string of the molecule is OCc1cc2ccccc2nc1NCC(CO)Cc1ccccn1. The highest BCUT2D eigenvalue weighted by Gasteiger charge is 2.12. The molecule has 0 aliphatic heterocycles. The van der Waals surface area contributed by atoms with E-state index in [9.17, 15) is 10.2 Å². The number of aliphatic hydroxyl groups excluding tert-OH is 2. The Bertz CT molecular complexity index is 793. The maximum Gasteiger partial charge on any atom is 0.132 e. The van der Waals surface area contributed by atoms with Crippen LogP contribution in [0.5, 0.6) is 0 Å². The molecule has 5 nitrogen and oxygen atoms in total. The predicted molar refractivity (Wildman–Crippen MR) is 94.7 cm³/mol. The first-order chi connectivity index (χ1) is 11.8. The van der Waals surface area contributed by atoms with Crippen LogP contribution in [0.2, 0.25) is 0 Å². The van der Waals surface area contributed by atoms with Gasteiger partial charge in [0.25, 0.3) is 0 Å². The van der Waals surface area contributed by atoms with Gasteiger partial charge in [-0.1, -0.05) is 24.3 Å². The third-order valence-electron chi connectivity index (χ3n) is 4.01. The number of anilines is 1. The highest BCUT2D eigenvalue weighted by molar-refractivity contribution is 5.81. The molecule has 124 valence electrons. The van der Waals surface area contributed by atoms with E-state index >= 15 is 0 Å². The molecular weight excluding hydrogens is 302 g/mol. The minimum absolute atomic E-state index is 0.0275. The van der Waals surface area contributed by atoms with Crippen molar-refractivity contribution < 1.29 is 10.2 Å². The summed E-state index contributed by atoms with van der Waals surface area (Å²) in [6.45, 7) is 0.543. The summed E-state index contributed by atoms with van der Waals surface area (Å²) < 4.78 is 0. The number of aliphatic hydroxyl groups is 2. The van der Waals surface area contributed by atoms with Crippen LogP contribution in [0.15, 0.2) is 54.7 Å². The summed E-state index contributed by atoms with van der Waals surface area (Å²) in [6, 6.07) is 15.5. The van der Waals surface area contributed by atoms with Gasteiger partial charge >= 0.3 is 0 Å². The van der Waals surface area contributed by atoms with Crippen LogP contribution in [-0.4, -0.2) is 33.3 Å². The summed E-state index contributed by atoms with van der Waals surface area (Å²) >= 11 is 0. The van der Waals surface area contributed by atoms with Crippen LogP contribution in [0.1, 0.15) is 11.3 Å². The maximum absolute atomic E-state index is 9.63. The summed E-state index contributed by atoms with van der Waals surface area (Å²) in [4.78, 5) is 8.89. The molecule has 0 bridgehead atoms. The molecular formula is C19H21N3O2. The van der Waals surface area contributed by atoms with E-state index < -0.39 is 0 Å². The van der Waals surface area contributed by atoms with Crippen molar-refractivity contribution in [3.8, 4) is 0 Å². The highest BCUT2D eigenvalue weighted by atomic mass is 16.3. The Morgan fingerprint density at radius 1 is 1.04 bits per heavy atom. The molecule has 1 aromatic carbocycles. The van der Waals surface area contributed by atoms with Crippen LogP contribution in [0.3, 0.4) is 0 Å². The molecule has 0 aliphatic carbocycles. The Kier molecular flexibility index (Phi) is 5.36. The predicted octanol–water partition coefficient (Wildman–Crippen LogP) is 2.39. The van der Waals surface area contributed by atoms with Crippen LogP contribution in [0.25, 0.3) is 10.9 Å². The Labute approximate surface area is 141 Å². The summed E-state index contributed by atoms with van der Waals surface area (Å²) in [5, 5.41) is 23.5. The molecule has 3 N–H and O–H groups in total. The van der Waals surface area contributed by atoms with Gasteiger partial charge < -0.3 is 15.5 Å². The number of fused-ring (bicyclic) bond motifs is 1. The number of rotatable bonds is 7. The smallest absolute Gasteiger partial charge is 0.132 e. The summed E-state index contributed by atoms with van der Waals surface area (Å²) in [6.07, 6.45) is 2.44. The zero-order valence-corrected chi connectivity index (χ0v) is 13.4. The summed E-state index contributed by atoms with van der Waals surface area (Å²) in [5.74, 6) is 0.690. The molecule has 0 saturated carbocycles. The lowest BCUT2D eigenvalue weighted by Gasteiger charge is -2.17. The van der Waals surface area contributed by atoms with E-state index in [2.05, 4.69) is 15.3 Å². The molecule has 5 heteroatoms. The first-order valence-electron chi connectivity index (χ1n) is 8.04. The zero-order valence-electron chi connectivity index (χ0n) is 13.4. The largest absolute Gasteiger partial charge is 0.396 e. The van der Waals surface area contributed by atoms with Crippen molar-refractivity contribution in [3.05, 3.63) is 66.0 Å². The topological polar surface area (TPSA) is 78.3 Å². The van der Waals surface area contributed by atoms with Gasteiger partial charge in [0.2, 0.25) is 0 Å². The van der Waals surface area contributed by atoms with E-state index in [1.165, 1.54) is 0 Å². The molecule has 0 radical (unpaired) electrons. The standard InChI is InChI=1S/C19H21N3O2/c23-12-14(9-17-6-3-4-8-20-17)11-21-19-16(13-24)10-15-5-1-2-7-18(15)22-19/h1-8,10,14,23-24H,9,11-13H2,(H,21,22). The van der Waals surface area contributed by atoms with E-state index in [-0.39, 0.29) is 19.1 Å². The fourth-order valence-electron chi connectivity index (χ4n) is 2.69. The normalized spacial score (nSPS) is 12.2. The zero-order chi connectivity index (χ0) is 16.8. The van der Waals surface area contributed by atoms with Crippen molar-refractivity contribution in [2.45, 2.75) is 13.0 Å². The molecule has 3 rings (SSSR count). The number of para-hydroxylation sites is 1. The second kappa shape index (κ2) is 7.86. The third-order valence-corrected chi connectivity index (χ3v) is 4.01. The van der Waals surface area contributed by atoms with Crippen LogP contribution < -0.4 is 5.32 Å². The molecule has 0 spiro atoms. The van der Waals surface area contributed by atoms with Gasteiger partial charge in [-0.3, -0.25) is 4.98 Å². The summed E-state index contributed by atoms with van der Waals surface area (Å²) in [7, 11) is 0. The van der Waals surface area contributed by atoms with Crippen molar-refractivity contribution in [1.29, 1.82) is 0 Å². The van der Waals surface area contributed by atoms with Crippen molar-refractivity contribution in [2.75, 3.05) is 18.5 Å². The van der Waals surface area contributed by atoms with Crippen LogP contribution >= 0.6 is 0 Å². The minimum Gasteiger partial charge on any atom is -0.396 e. The van der Waals surface area contributed by atoms with E-state index in [1.54, 1.807) is 6.20 Å². The molecule has 0 fully saturated rings. The number of hydrogen-bond acceptors (Lipinski definition) is 5. The van der Waals surface area contributed by atoms with Gasteiger partial charge in [0.1, 0.15) is 5.82 Å². The average molecular weight is 323 g/mol. The van der Waals surface area contributed by atoms with Crippen LogP contribution in [0, 0.1) is 5.92 Å². The molecule has 0 saturated heterocycles. The average Bonchev–Trinajstić information content (AvgIpc) is 2.65. The van der Waals surface area contributed by atoms with Gasteiger partial charge in [0.05, 0.1) is 12.1 Å². The number of pyridine rings is 2. The van der Waals surface area contributed by atoms with Crippen molar-refractivity contribution in [1.82, 2.24) is 9.97 Å². The fourth-order valence-corrected chi connectivity index (χ4v) is 2.69. The van der Waals surface area contributed by atoms with Gasteiger partial charge in [0.15, 0.2) is 0 Å². The maximum atomic E-state index is 9.63. The van der Waals surface area contributed by atoms with Crippen LogP contribution in [-0.2, 0) is 13.0 Å². The van der Waals surface area contributed by atoms with Gasteiger partial charge in [0, 0.05) is 41.9 Å². The lowest BCUT2D eigenvalue weighted by atomic mass is 10.0. The van der Waals surface area contributed by atoms with Gasteiger partial charge in [-0.15, -0.1) is 0 Å². The molecule has 0 aliphatic rings. The molecule has 2 heterocycles. The monoisotopic (exact) mass is 323 g/mol. The van der Waals surface area contributed by atoms with E-state index in [0.717, 1.165) is 22.2 Å². The number of hydrogen-bond donors (Lipinski definition) is 3. The lowest BCUT2D eigenvalue weighted by Crippen LogP contribution is -2.21. The van der Waals surface area contributed by atoms with Crippen molar-refractivity contribution in [3.63, 3.8) is 0 Å². The molecule has 24 heavy (non-hydrogen) atoms. The molecule has 2 aromatic heterocycles. The molecule has 3 aromatic rings.